The molecule has 0 bridgehead atoms. The summed E-state index contributed by atoms with van der Waals surface area (Å²) < 4.78 is 80.8. The van der Waals surface area contributed by atoms with Gasteiger partial charge in [0.05, 0.1) is 62.2 Å². The van der Waals surface area contributed by atoms with Crippen molar-refractivity contribution in [1.82, 2.24) is 24.9 Å². The Hall–Kier alpha value is -11.5. The molecular formula is C94H98F5N10+5. The second-order valence-electron chi connectivity index (χ2n) is 29.5. The third kappa shape index (κ3) is 15.2. The molecule has 0 fully saturated rings. The Balaban J connectivity index is 0.000000135. The van der Waals surface area contributed by atoms with Crippen molar-refractivity contribution in [3.05, 3.63) is 294 Å². The van der Waals surface area contributed by atoms with Crippen LogP contribution in [0.1, 0.15) is 106 Å². The minimum Gasteiger partial charge on any atom is -0.232 e. The second-order valence-corrected chi connectivity index (χ2v) is 29.5. The zero-order chi connectivity index (χ0) is 79.2. The molecule has 0 N–H and O–H groups in total. The van der Waals surface area contributed by atoms with Crippen LogP contribution in [0.4, 0.5) is 22.0 Å². The van der Waals surface area contributed by atoms with Gasteiger partial charge in [-0.3, -0.25) is 0 Å². The molecule has 0 saturated heterocycles. The Kier molecular flexibility index (Phi) is 22.9. The zero-order valence-electron chi connectivity index (χ0n) is 67.4. The molecule has 10 nitrogen and oxygen atoms in total. The minimum atomic E-state index is -0.114. The third-order valence-electron chi connectivity index (χ3n) is 21.9. The number of aryl methyl sites for hydroxylation is 13. The van der Waals surface area contributed by atoms with Crippen LogP contribution < -0.4 is 22.8 Å². The molecule has 109 heavy (non-hydrogen) atoms. The predicted molar refractivity (Wildman–Crippen MR) is 432 cm³/mol. The summed E-state index contributed by atoms with van der Waals surface area (Å²) in [6.45, 7) is 36.4. The molecule has 0 atom stereocenters. The van der Waals surface area contributed by atoms with Gasteiger partial charge in [0.25, 0.3) is 31.1 Å². The highest BCUT2D eigenvalue weighted by molar-refractivity contribution is 5.96. The van der Waals surface area contributed by atoms with Gasteiger partial charge in [-0.25, -0.2) is 44.8 Å². The van der Waals surface area contributed by atoms with Gasteiger partial charge < -0.3 is 0 Å². The molecule has 0 spiro atoms. The van der Waals surface area contributed by atoms with E-state index in [1.807, 2.05) is 268 Å². The van der Waals surface area contributed by atoms with Crippen LogP contribution in [0, 0.1) is 161 Å². The average molecular weight is 1460 g/mol. The maximum Gasteiger partial charge on any atom is 0.296 e. The van der Waals surface area contributed by atoms with E-state index in [1.54, 1.807) is 0 Å². The Morgan fingerprint density at radius 2 is 0.560 bits per heavy atom. The fourth-order valence-electron chi connectivity index (χ4n) is 14.8. The van der Waals surface area contributed by atoms with Crippen LogP contribution in [0.2, 0.25) is 0 Å². The zero-order valence-corrected chi connectivity index (χ0v) is 67.4. The van der Waals surface area contributed by atoms with Gasteiger partial charge in [-0.15, -0.1) is 0 Å². The predicted octanol–water partition coefficient (Wildman–Crippen LogP) is 20.2. The van der Waals surface area contributed by atoms with Crippen molar-refractivity contribution in [3.63, 3.8) is 0 Å². The lowest BCUT2D eigenvalue weighted by molar-refractivity contribution is -0.668. The largest absolute Gasteiger partial charge is 0.296 e. The molecule has 0 radical (unpaired) electrons. The lowest BCUT2D eigenvalue weighted by Crippen LogP contribution is -2.36. The van der Waals surface area contributed by atoms with Crippen LogP contribution in [-0.2, 0) is 35.2 Å². The molecule has 0 amide bonds. The molecule has 554 valence electrons. The summed E-state index contributed by atoms with van der Waals surface area (Å²) in [7, 11) is 9.93. The van der Waals surface area contributed by atoms with Crippen LogP contribution in [0.3, 0.4) is 0 Å². The summed E-state index contributed by atoms with van der Waals surface area (Å²) in [5.41, 5.74) is 30.9. The van der Waals surface area contributed by atoms with E-state index in [4.69, 9.17) is 0 Å². The number of para-hydroxylation sites is 3. The lowest BCUT2D eigenvalue weighted by atomic mass is 9.94. The first-order valence-electron chi connectivity index (χ1n) is 36.7. The summed E-state index contributed by atoms with van der Waals surface area (Å²) in [5, 5.41) is 5.45. The highest BCUT2D eigenvalue weighted by Gasteiger charge is 2.27. The Morgan fingerprint density at radius 1 is 0.248 bits per heavy atom. The lowest BCUT2D eigenvalue weighted by Gasteiger charge is -2.14. The first-order chi connectivity index (χ1) is 51.6. The van der Waals surface area contributed by atoms with Crippen molar-refractivity contribution >= 4 is 54.5 Å². The van der Waals surface area contributed by atoms with Gasteiger partial charge in [0.1, 0.15) is 57.6 Å². The summed E-state index contributed by atoms with van der Waals surface area (Å²) in [6.07, 6.45) is 7.29. The fraction of sp³-hybridized carbons (Fsp3) is 0.255. The smallest absolute Gasteiger partial charge is 0.232 e. The summed E-state index contributed by atoms with van der Waals surface area (Å²) in [5.74, 6) is 0.374. The van der Waals surface area contributed by atoms with Gasteiger partial charge in [0.15, 0.2) is 27.6 Å². The molecule has 0 unspecified atom stereocenters. The minimum absolute atomic E-state index is 0.112. The van der Waals surface area contributed by atoms with Gasteiger partial charge in [-0.1, -0.05) is 54.1 Å². The van der Waals surface area contributed by atoms with E-state index in [9.17, 15) is 22.0 Å². The normalized spacial score (nSPS) is 11.2. The van der Waals surface area contributed by atoms with Crippen molar-refractivity contribution in [2.45, 2.75) is 132 Å². The van der Waals surface area contributed by atoms with E-state index >= 15 is 0 Å². The highest BCUT2D eigenvalue weighted by atomic mass is 19.1. The number of benzene rings is 10. The van der Waals surface area contributed by atoms with E-state index in [1.165, 1.54) is 11.1 Å². The molecule has 15 aromatic rings. The fourth-order valence-corrected chi connectivity index (χ4v) is 14.8. The van der Waals surface area contributed by atoms with E-state index in [-0.39, 0.29) is 29.1 Å². The average Bonchev–Trinajstić information content (AvgIpc) is 0.782. The topological polar surface area (TPSA) is 83.9 Å². The third-order valence-corrected chi connectivity index (χ3v) is 21.9. The van der Waals surface area contributed by atoms with Gasteiger partial charge in [0.2, 0.25) is 0 Å². The van der Waals surface area contributed by atoms with Crippen LogP contribution in [-0.4, -0.2) is 24.9 Å². The first kappa shape index (κ1) is 78.6. The standard InChI is InChI=1S/4C19H20FN2.C18H18FN2/c1-11-6-7-17-16(8-11)19(22(5)10-21-17)15-9-12(2)18(20)14(4)13(15)3;1-11-6-7-15-17(8-11)21-10-22(5)19(15)16-9-12(2)18(20)14(4)13(16)3;1-11-7-6-8-15-18(11)21-10-22(5)19(15)16-9-12(2)17(20)14(4)13(16)3;1-11-10-16(12(2)13(3)18(11)20)19-15-8-6-7-9-17(15)21-14(4)22(19)5;1-11-9-15(12(2)13(3)17(11)19)18-14-7-5-6-8-16(14)20-10-21(18)4/h4*6-10H,1-5H3;5-10H,1-4H3/q5*+1. The van der Waals surface area contributed by atoms with Gasteiger partial charge in [-0.05, 0) is 323 Å². The van der Waals surface area contributed by atoms with Crippen LogP contribution >= 0.6 is 0 Å². The van der Waals surface area contributed by atoms with Crippen molar-refractivity contribution in [1.29, 1.82) is 0 Å². The van der Waals surface area contributed by atoms with Gasteiger partial charge in [-0.2, -0.15) is 0 Å². The summed E-state index contributed by atoms with van der Waals surface area (Å²) in [6, 6.07) is 44.5. The van der Waals surface area contributed by atoms with E-state index in [0.29, 0.717) is 55.6 Å². The van der Waals surface area contributed by atoms with Crippen molar-refractivity contribution in [2.75, 3.05) is 0 Å². The van der Waals surface area contributed by atoms with Crippen molar-refractivity contribution < 1.29 is 44.8 Å². The second kappa shape index (κ2) is 31.8. The monoisotopic (exact) mass is 1460 g/mol. The molecule has 0 aliphatic carbocycles. The molecule has 10 aromatic carbocycles. The molecule has 15 heteroatoms. The molecule has 15 rings (SSSR count). The number of hydrogen-bond donors (Lipinski definition) is 0. The SMILES string of the molecule is Cc1cc(-c2c3cccc(C)c3nc[n+]2C)c(C)c(C)c1F.Cc1cc(-c2c3ccccc3nc(C)[n+]2C)c(C)c(C)c1F.Cc1cc(-c2c3ccccc3nc[n+]2C)c(C)c(C)c1F.Cc1ccc2c(-c3cc(C)c(F)c(C)c3C)[n+](C)cnc2c1.Cc1ccc2nc[n+](C)c(-c3cc(C)c(F)c(C)c3C)c2c1. The summed E-state index contributed by atoms with van der Waals surface area (Å²) >= 11 is 0. The Labute approximate surface area is 637 Å². The van der Waals surface area contributed by atoms with Gasteiger partial charge >= 0.3 is 0 Å². The number of rotatable bonds is 5. The molecule has 5 heterocycles. The highest BCUT2D eigenvalue weighted by Crippen LogP contribution is 2.38. The molecule has 0 saturated carbocycles. The first-order valence-corrected chi connectivity index (χ1v) is 36.7. The number of nitrogens with zero attached hydrogens (tertiary/aromatic N) is 10. The van der Waals surface area contributed by atoms with E-state index in [2.05, 4.69) is 105 Å². The number of aromatic nitrogens is 10. The van der Waals surface area contributed by atoms with E-state index in [0.717, 1.165) is 150 Å². The maximum absolute atomic E-state index is 14.2. The quantitative estimate of drug-likeness (QED) is 0.127. The Morgan fingerprint density at radius 3 is 0.991 bits per heavy atom. The number of hydrogen-bond acceptors (Lipinski definition) is 5. The molecule has 5 aromatic heterocycles. The molecule has 0 aliphatic heterocycles. The molecule has 0 aliphatic rings. The number of fused-ring (bicyclic) bond motifs is 5. The number of halogens is 5. The molecular weight excluding hydrogens is 1360 g/mol. The van der Waals surface area contributed by atoms with Gasteiger partial charge in [0, 0.05) is 40.3 Å². The summed E-state index contributed by atoms with van der Waals surface area (Å²) in [4.78, 5) is 22.6. The van der Waals surface area contributed by atoms with Crippen molar-refractivity contribution in [2.24, 2.45) is 35.2 Å². The maximum atomic E-state index is 14.2. The van der Waals surface area contributed by atoms with Crippen LogP contribution in [0.25, 0.3) is 111 Å². The van der Waals surface area contributed by atoms with Crippen LogP contribution in [0.5, 0.6) is 0 Å². The van der Waals surface area contributed by atoms with Crippen molar-refractivity contribution in [3.8, 4) is 56.3 Å². The van der Waals surface area contributed by atoms with E-state index < -0.39 is 0 Å². The van der Waals surface area contributed by atoms with Crippen LogP contribution in [0.15, 0.2) is 159 Å². The Bertz CT molecular complexity index is 6100.